The van der Waals surface area contributed by atoms with E-state index >= 15 is 0 Å². The number of thiazole rings is 1. The Kier molecular flexibility index (Phi) is 4.36. The third-order valence-corrected chi connectivity index (χ3v) is 3.32. The van der Waals surface area contributed by atoms with Crippen LogP contribution in [0.2, 0.25) is 5.02 Å². The molecule has 90 valence electrons. The van der Waals surface area contributed by atoms with Gasteiger partial charge in [-0.1, -0.05) is 17.7 Å². The van der Waals surface area contributed by atoms with Crippen molar-refractivity contribution in [2.24, 2.45) is 5.73 Å². The van der Waals surface area contributed by atoms with E-state index in [9.17, 15) is 0 Å². The molecule has 0 aliphatic carbocycles. The van der Waals surface area contributed by atoms with E-state index in [4.69, 9.17) is 22.1 Å². The van der Waals surface area contributed by atoms with Crippen LogP contribution >= 0.6 is 22.9 Å². The minimum absolute atomic E-state index is 0.460. The molecule has 0 aliphatic rings. The van der Waals surface area contributed by atoms with E-state index in [-0.39, 0.29) is 0 Å². The lowest BCUT2D eigenvalue weighted by molar-refractivity contribution is 0.299. The van der Waals surface area contributed by atoms with E-state index in [1.54, 1.807) is 16.8 Å². The maximum absolute atomic E-state index is 6.12. The van der Waals surface area contributed by atoms with Gasteiger partial charge in [-0.05, 0) is 25.1 Å². The molecule has 0 saturated carbocycles. The summed E-state index contributed by atoms with van der Waals surface area (Å²) < 4.78 is 5.72. The summed E-state index contributed by atoms with van der Waals surface area (Å²) in [5, 5.41) is 2.67. The predicted octanol–water partition coefficient (Wildman–Crippen LogP) is 2.88. The topological polar surface area (TPSA) is 48.1 Å². The van der Waals surface area contributed by atoms with Crippen molar-refractivity contribution in [2.45, 2.75) is 13.0 Å². The maximum atomic E-state index is 6.12. The first kappa shape index (κ1) is 12.4. The van der Waals surface area contributed by atoms with Gasteiger partial charge in [-0.15, -0.1) is 11.3 Å². The van der Waals surface area contributed by atoms with Crippen molar-refractivity contribution in [3.05, 3.63) is 45.4 Å². The fourth-order valence-corrected chi connectivity index (χ4v) is 2.33. The van der Waals surface area contributed by atoms with Crippen LogP contribution in [-0.4, -0.2) is 11.5 Å². The van der Waals surface area contributed by atoms with Crippen molar-refractivity contribution in [1.82, 2.24) is 4.98 Å². The van der Waals surface area contributed by atoms with Crippen LogP contribution in [0.5, 0.6) is 5.75 Å². The highest BCUT2D eigenvalue weighted by atomic mass is 35.5. The summed E-state index contributed by atoms with van der Waals surface area (Å²) >= 11 is 7.67. The van der Waals surface area contributed by atoms with E-state index in [1.165, 1.54) is 0 Å². The van der Waals surface area contributed by atoms with E-state index in [0.29, 0.717) is 24.6 Å². The lowest BCUT2D eigenvalue weighted by Gasteiger charge is -2.11. The predicted molar refractivity (Wildman–Crippen MR) is 70.7 cm³/mol. The summed E-state index contributed by atoms with van der Waals surface area (Å²) in [5.74, 6) is 0.788. The van der Waals surface area contributed by atoms with Crippen molar-refractivity contribution < 1.29 is 4.74 Å². The molecule has 0 amide bonds. The Morgan fingerprint density at radius 2 is 2.29 bits per heavy atom. The van der Waals surface area contributed by atoms with Gasteiger partial charge in [0.05, 0.1) is 11.2 Å². The third-order valence-electron chi connectivity index (χ3n) is 2.33. The Morgan fingerprint density at radius 1 is 1.41 bits per heavy atom. The van der Waals surface area contributed by atoms with Crippen LogP contribution < -0.4 is 10.5 Å². The Morgan fingerprint density at radius 3 is 3.00 bits per heavy atom. The highest BCUT2D eigenvalue weighted by molar-refractivity contribution is 7.07. The van der Waals surface area contributed by atoms with Crippen LogP contribution in [0.3, 0.4) is 0 Å². The van der Waals surface area contributed by atoms with Crippen LogP contribution in [0.4, 0.5) is 0 Å². The monoisotopic (exact) mass is 268 g/mol. The van der Waals surface area contributed by atoms with Crippen molar-refractivity contribution in [3.8, 4) is 5.75 Å². The molecule has 0 bridgehead atoms. The summed E-state index contributed by atoms with van der Waals surface area (Å²) in [6.45, 7) is 1.01. The number of hydrogen-bond acceptors (Lipinski definition) is 4. The van der Waals surface area contributed by atoms with Crippen molar-refractivity contribution in [2.75, 3.05) is 6.54 Å². The fraction of sp³-hybridized carbons (Fsp3) is 0.250. The standard InChI is InChI=1S/C12H13ClN2OS/c13-11-2-1-3-12(10(11)4-5-14)16-6-9-7-17-8-15-9/h1-3,7-8H,4-6,14H2. The van der Waals surface area contributed by atoms with Gasteiger partial charge in [-0.2, -0.15) is 0 Å². The average molecular weight is 269 g/mol. The molecule has 0 radical (unpaired) electrons. The van der Waals surface area contributed by atoms with Gasteiger partial charge in [0, 0.05) is 16.0 Å². The smallest absolute Gasteiger partial charge is 0.131 e. The zero-order valence-corrected chi connectivity index (χ0v) is 10.8. The fourth-order valence-electron chi connectivity index (χ4n) is 1.52. The van der Waals surface area contributed by atoms with Crippen molar-refractivity contribution in [1.29, 1.82) is 0 Å². The minimum Gasteiger partial charge on any atom is -0.487 e. The number of nitrogens with two attached hydrogens (primary N) is 1. The van der Waals surface area contributed by atoms with Gasteiger partial charge in [0.1, 0.15) is 12.4 Å². The Hall–Kier alpha value is -1.10. The molecule has 0 fully saturated rings. The number of ether oxygens (including phenoxy) is 1. The Labute approximate surface area is 109 Å². The number of benzene rings is 1. The van der Waals surface area contributed by atoms with E-state index < -0.39 is 0 Å². The first-order valence-corrected chi connectivity index (χ1v) is 6.60. The number of nitrogens with zero attached hydrogens (tertiary/aromatic N) is 1. The molecule has 0 aliphatic heterocycles. The highest BCUT2D eigenvalue weighted by Gasteiger charge is 2.08. The molecule has 0 spiro atoms. The molecule has 1 aromatic carbocycles. The molecule has 1 heterocycles. The van der Waals surface area contributed by atoms with Gasteiger partial charge in [-0.3, -0.25) is 0 Å². The molecule has 1 aromatic heterocycles. The van der Waals surface area contributed by atoms with Crippen LogP contribution in [0.1, 0.15) is 11.3 Å². The molecule has 2 rings (SSSR count). The molecule has 0 unspecified atom stereocenters. The molecule has 3 nitrogen and oxygen atoms in total. The molecular formula is C12H13ClN2OS. The SMILES string of the molecule is NCCc1c(Cl)cccc1OCc1cscn1. The van der Waals surface area contributed by atoms with Gasteiger partial charge in [0.25, 0.3) is 0 Å². The van der Waals surface area contributed by atoms with Gasteiger partial charge in [0.15, 0.2) is 0 Å². The molecule has 2 aromatic rings. The zero-order valence-electron chi connectivity index (χ0n) is 9.23. The maximum Gasteiger partial charge on any atom is 0.131 e. The largest absolute Gasteiger partial charge is 0.487 e. The van der Waals surface area contributed by atoms with E-state index in [0.717, 1.165) is 17.0 Å². The molecular weight excluding hydrogens is 256 g/mol. The van der Waals surface area contributed by atoms with Crippen molar-refractivity contribution >= 4 is 22.9 Å². The Bertz CT molecular complexity index is 473. The van der Waals surface area contributed by atoms with Gasteiger partial charge in [-0.25, -0.2) is 4.98 Å². The van der Waals surface area contributed by atoms with Gasteiger partial charge in [0.2, 0.25) is 0 Å². The summed E-state index contributed by atoms with van der Waals surface area (Å²) in [6, 6.07) is 5.63. The Balaban J connectivity index is 2.11. The average Bonchev–Trinajstić information content (AvgIpc) is 2.83. The lowest BCUT2D eigenvalue weighted by atomic mass is 10.1. The summed E-state index contributed by atoms with van der Waals surface area (Å²) in [6.07, 6.45) is 0.714. The number of halogens is 1. The zero-order chi connectivity index (χ0) is 12.1. The lowest BCUT2D eigenvalue weighted by Crippen LogP contribution is -2.06. The van der Waals surface area contributed by atoms with Crippen molar-refractivity contribution in [3.63, 3.8) is 0 Å². The second kappa shape index (κ2) is 6.00. The summed E-state index contributed by atoms with van der Waals surface area (Å²) in [4.78, 5) is 4.17. The molecule has 5 heteroatoms. The van der Waals surface area contributed by atoms with E-state index in [2.05, 4.69) is 4.98 Å². The molecule has 2 N–H and O–H groups in total. The normalized spacial score (nSPS) is 10.5. The molecule has 17 heavy (non-hydrogen) atoms. The van der Waals surface area contributed by atoms with Crippen LogP contribution in [0, 0.1) is 0 Å². The molecule has 0 atom stereocenters. The van der Waals surface area contributed by atoms with Crippen LogP contribution in [0.25, 0.3) is 0 Å². The number of rotatable bonds is 5. The highest BCUT2D eigenvalue weighted by Crippen LogP contribution is 2.27. The van der Waals surface area contributed by atoms with Gasteiger partial charge < -0.3 is 10.5 Å². The van der Waals surface area contributed by atoms with Crippen LogP contribution in [-0.2, 0) is 13.0 Å². The van der Waals surface area contributed by atoms with E-state index in [1.807, 2.05) is 23.6 Å². The quantitative estimate of drug-likeness (QED) is 0.907. The van der Waals surface area contributed by atoms with Gasteiger partial charge >= 0.3 is 0 Å². The summed E-state index contributed by atoms with van der Waals surface area (Å²) in [7, 11) is 0. The van der Waals surface area contributed by atoms with Crippen LogP contribution in [0.15, 0.2) is 29.1 Å². The number of aromatic nitrogens is 1. The first-order chi connectivity index (χ1) is 8.31. The molecule has 0 saturated heterocycles. The first-order valence-electron chi connectivity index (χ1n) is 5.28. The second-order valence-electron chi connectivity index (χ2n) is 3.52. The number of hydrogen-bond donors (Lipinski definition) is 1. The third kappa shape index (κ3) is 3.19. The minimum atomic E-state index is 0.460. The second-order valence-corrected chi connectivity index (χ2v) is 4.65. The summed E-state index contributed by atoms with van der Waals surface area (Å²) in [5.41, 5.74) is 9.24.